The monoisotopic (exact) mass is 283 g/mol. The van der Waals surface area contributed by atoms with Crippen LogP contribution in [0.2, 0.25) is 0 Å². The van der Waals surface area contributed by atoms with E-state index in [2.05, 4.69) is 19.0 Å². The van der Waals surface area contributed by atoms with Crippen LogP contribution in [0.3, 0.4) is 0 Å². The van der Waals surface area contributed by atoms with E-state index in [1.165, 1.54) is 0 Å². The number of carbonyl (C=O) groups is 1. The highest BCUT2D eigenvalue weighted by molar-refractivity contribution is 6.07. The molecule has 2 aliphatic heterocycles. The number of nitrogens with zero attached hydrogens (tertiary/aromatic N) is 2. The standard InChI is InChI=1S/C14H25N3O3/c1-10-3-4-11(2)17(9-10)13(18)14(12(15)16-19)5-7-20-8-6-14/h10-11,19H,3-9H2,1-2H3,(H2,15,16). The molecule has 114 valence electrons. The lowest BCUT2D eigenvalue weighted by atomic mass is 9.76. The highest BCUT2D eigenvalue weighted by Gasteiger charge is 2.48. The van der Waals surface area contributed by atoms with Crippen molar-refractivity contribution in [1.82, 2.24) is 4.90 Å². The van der Waals surface area contributed by atoms with E-state index in [1.807, 2.05) is 4.90 Å². The van der Waals surface area contributed by atoms with Crippen molar-refractivity contribution in [3.8, 4) is 0 Å². The minimum atomic E-state index is -0.891. The SMILES string of the molecule is CC1CCC(C)N(C(=O)C2(C(N)=NO)CCOCC2)C1. The lowest BCUT2D eigenvalue weighted by molar-refractivity contribution is -0.147. The summed E-state index contributed by atoms with van der Waals surface area (Å²) in [5.74, 6) is 0.519. The minimum absolute atomic E-state index is 0.00449. The van der Waals surface area contributed by atoms with E-state index in [0.717, 1.165) is 19.4 Å². The predicted molar refractivity (Wildman–Crippen MR) is 75.5 cm³/mol. The quantitative estimate of drug-likeness (QED) is 0.345. The predicted octanol–water partition coefficient (Wildman–Crippen LogP) is 1.18. The molecule has 3 N–H and O–H groups in total. The Morgan fingerprint density at radius 2 is 2.00 bits per heavy atom. The van der Waals surface area contributed by atoms with E-state index >= 15 is 0 Å². The molecule has 2 saturated heterocycles. The highest BCUT2D eigenvalue weighted by atomic mass is 16.5. The van der Waals surface area contributed by atoms with Gasteiger partial charge < -0.3 is 20.6 Å². The summed E-state index contributed by atoms with van der Waals surface area (Å²) in [4.78, 5) is 14.9. The number of ether oxygens (including phenoxy) is 1. The van der Waals surface area contributed by atoms with Gasteiger partial charge in [0, 0.05) is 25.8 Å². The number of amidine groups is 1. The van der Waals surface area contributed by atoms with E-state index in [0.29, 0.717) is 32.0 Å². The lowest BCUT2D eigenvalue weighted by Gasteiger charge is -2.44. The average Bonchev–Trinajstić information content (AvgIpc) is 2.48. The summed E-state index contributed by atoms with van der Waals surface area (Å²) < 4.78 is 5.34. The van der Waals surface area contributed by atoms with Crippen LogP contribution in [0.25, 0.3) is 0 Å². The van der Waals surface area contributed by atoms with Crippen LogP contribution in [-0.4, -0.2) is 47.7 Å². The molecule has 0 aromatic heterocycles. The number of carbonyl (C=O) groups excluding carboxylic acids is 1. The number of likely N-dealkylation sites (tertiary alicyclic amines) is 1. The molecule has 6 nitrogen and oxygen atoms in total. The van der Waals surface area contributed by atoms with Crippen molar-refractivity contribution in [3.63, 3.8) is 0 Å². The molecule has 2 unspecified atom stereocenters. The van der Waals surface area contributed by atoms with Crippen LogP contribution in [0.1, 0.15) is 39.5 Å². The first-order valence-corrected chi connectivity index (χ1v) is 7.38. The van der Waals surface area contributed by atoms with E-state index < -0.39 is 5.41 Å². The van der Waals surface area contributed by atoms with Crippen molar-refractivity contribution in [1.29, 1.82) is 0 Å². The van der Waals surface area contributed by atoms with E-state index in [1.54, 1.807) is 0 Å². The number of rotatable bonds is 2. The Morgan fingerprint density at radius 3 is 2.60 bits per heavy atom. The van der Waals surface area contributed by atoms with E-state index in [4.69, 9.17) is 15.7 Å². The molecule has 0 saturated carbocycles. The van der Waals surface area contributed by atoms with E-state index in [9.17, 15) is 4.79 Å². The number of amides is 1. The lowest BCUT2D eigenvalue weighted by Crippen LogP contribution is -2.57. The van der Waals surface area contributed by atoms with Gasteiger partial charge in [-0.05, 0) is 38.5 Å². The molecule has 1 amide bonds. The second kappa shape index (κ2) is 5.99. The largest absolute Gasteiger partial charge is 0.409 e. The van der Waals surface area contributed by atoms with Crippen LogP contribution >= 0.6 is 0 Å². The van der Waals surface area contributed by atoms with Crippen molar-refractivity contribution < 1.29 is 14.7 Å². The first-order chi connectivity index (χ1) is 9.51. The molecule has 0 aromatic rings. The van der Waals surface area contributed by atoms with E-state index in [-0.39, 0.29) is 17.8 Å². The molecule has 20 heavy (non-hydrogen) atoms. The Labute approximate surface area is 119 Å². The Balaban J connectivity index is 2.26. The fourth-order valence-electron chi connectivity index (χ4n) is 3.24. The van der Waals surface area contributed by atoms with Gasteiger partial charge in [0.1, 0.15) is 5.41 Å². The summed E-state index contributed by atoms with van der Waals surface area (Å²) in [7, 11) is 0. The average molecular weight is 283 g/mol. The van der Waals surface area contributed by atoms with Gasteiger partial charge in [0.25, 0.3) is 0 Å². The molecule has 2 heterocycles. The number of piperidine rings is 1. The molecule has 2 fully saturated rings. The van der Waals surface area contributed by atoms with Gasteiger partial charge in [-0.3, -0.25) is 4.79 Å². The molecule has 2 aliphatic rings. The summed E-state index contributed by atoms with van der Waals surface area (Å²) in [5, 5.41) is 12.2. The third-order valence-electron chi connectivity index (χ3n) is 4.73. The Kier molecular flexibility index (Phi) is 4.52. The van der Waals surface area contributed by atoms with Crippen LogP contribution in [0, 0.1) is 11.3 Å². The second-order valence-corrected chi connectivity index (χ2v) is 6.17. The molecule has 0 radical (unpaired) electrons. The number of hydrogen-bond donors (Lipinski definition) is 2. The van der Waals surface area contributed by atoms with Crippen molar-refractivity contribution in [2.45, 2.75) is 45.6 Å². The van der Waals surface area contributed by atoms with Gasteiger partial charge in [0.05, 0.1) is 0 Å². The van der Waals surface area contributed by atoms with Crippen LogP contribution in [0.15, 0.2) is 5.16 Å². The van der Waals surface area contributed by atoms with Gasteiger partial charge in [-0.25, -0.2) is 0 Å². The zero-order valence-electron chi connectivity index (χ0n) is 12.3. The van der Waals surface area contributed by atoms with Gasteiger partial charge in [0.2, 0.25) is 5.91 Å². The first-order valence-electron chi connectivity index (χ1n) is 7.38. The maximum Gasteiger partial charge on any atom is 0.236 e. The molecular formula is C14H25N3O3. The Morgan fingerprint density at radius 1 is 1.35 bits per heavy atom. The normalized spacial score (nSPS) is 31.1. The minimum Gasteiger partial charge on any atom is -0.409 e. The molecular weight excluding hydrogens is 258 g/mol. The molecule has 2 atom stereocenters. The third-order valence-corrected chi connectivity index (χ3v) is 4.73. The number of oxime groups is 1. The summed E-state index contributed by atoms with van der Waals surface area (Å²) >= 11 is 0. The van der Waals surface area contributed by atoms with Crippen LogP contribution < -0.4 is 5.73 Å². The maximum absolute atomic E-state index is 13.0. The first kappa shape index (κ1) is 15.1. The molecule has 0 bridgehead atoms. The van der Waals surface area contributed by atoms with Gasteiger partial charge >= 0.3 is 0 Å². The van der Waals surface area contributed by atoms with Crippen LogP contribution in [0.5, 0.6) is 0 Å². The zero-order chi connectivity index (χ0) is 14.8. The zero-order valence-corrected chi connectivity index (χ0v) is 12.3. The van der Waals surface area contributed by atoms with Crippen molar-refractivity contribution in [3.05, 3.63) is 0 Å². The molecule has 6 heteroatoms. The molecule has 0 aromatic carbocycles. The summed E-state index contributed by atoms with van der Waals surface area (Å²) in [5.41, 5.74) is 4.98. The molecule has 0 spiro atoms. The second-order valence-electron chi connectivity index (χ2n) is 6.17. The summed E-state index contributed by atoms with van der Waals surface area (Å²) in [6.45, 7) is 5.93. The van der Waals surface area contributed by atoms with Gasteiger partial charge in [-0.2, -0.15) is 0 Å². The fraction of sp³-hybridized carbons (Fsp3) is 0.857. The van der Waals surface area contributed by atoms with Crippen molar-refractivity contribution >= 4 is 11.7 Å². The number of nitrogens with two attached hydrogens (primary N) is 1. The maximum atomic E-state index is 13.0. The summed E-state index contributed by atoms with van der Waals surface area (Å²) in [6, 6.07) is 0.213. The Bertz CT molecular complexity index is 391. The third kappa shape index (κ3) is 2.61. The van der Waals surface area contributed by atoms with Crippen molar-refractivity contribution in [2.75, 3.05) is 19.8 Å². The Hall–Kier alpha value is -1.30. The van der Waals surface area contributed by atoms with Gasteiger partial charge in [-0.15, -0.1) is 0 Å². The van der Waals surface area contributed by atoms with Crippen molar-refractivity contribution in [2.24, 2.45) is 22.2 Å². The van der Waals surface area contributed by atoms with Crippen LogP contribution in [-0.2, 0) is 9.53 Å². The molecule has 0 aliphatic carbocycles. The van der Waals surface area contributed by atoms with Gasteiger partial charge in [-0.1, -0.05) is 12.1 Å². The number of hydrogen-bond acceptors (Lipinski definition) is 4. The smallest absolute Gasteiger partial charge is 0.236 e. The summed E-state index contributed by atoms with van der Waals surface area (Å²) in [6.07, 6.45) is 3.12. The molecule has 2 rings (SSSR count). The highest BCUT2D eigenvalue weighted by Crippen LogP contribution is 2.35. The van der Waals surface area contributed by atoms with Crippen LogP contribution in [0.4, 0.5) is 0 Å². The topological polar surface area (TPSA) is 88.2 Å². The fourth-order valence-corrected chi connectivity index (χ4v) is 3.24. The van der Waals surface area contributed by atoms with Gasteiger partial charge in [0.15, 0.2) is 5.84 Å².